The molecule has 0 aliphatic heterocycles. The van der Waals surface area contributed by atoms with Gasteiger partial charge in [0.05, 0.1) is 25.3 Å². The van der Waals surface area contributed by atoms with E-state index in [2.05, 4.69) is 0 Å². The lowest BCUT2D eigenvalue weighted by Crippen LogP contribution is -2.27. The number of Topliss-reactive ketones (excluding diaryl/α,β-unsaturated/α-hetero) is 4. The molecule has 0 amide bonds. The molecule has 1 aliphatic rings. The molecule has 24 heavy (non-hydrogen) atoms. The van der Waals surface area contributed by atoms with Gasteiger partial charge in [-0.2, -0.15) is 0 Å². The summed E-state index contributed by atoms with van der Waals surface area (Å²) < 4.78 is 9.73. The zero-order valence-corrected chi connectivity index (χ0v) is 13.3. The van der Waals surface area contributed by atoms with E-state index in [9.17, 15) is 29.4 Å². The maximum absolute atomic E-state index is 12.6. The average Bonchev–Trinajstić information content (AvgIpc) is 2.50. The fourth-order valence-electron chi connectivity index (χ4n) is 2.64. The van der Waals surface area contributed by atoms with Crippen molar-refractivity contribution in [1.82, 2.24) is 0 Å². The summed E-state index contributed by atoms with van der Waals surface area (Å²) in [7, 11) is 2.20. The lowest BCUT2D eigenvalue weighted by molar-refractivity contribution is -0.113. The van der Waals surface area contributed by atoms with Crippen molar-refractivity contribution in [1.29, 1.82) is 0 Å². The molecule has 0 unspecified atom stereocenters. The van der Waals surface area contributed by atoms with Gasteiger partial charge in [-0.1, -0.05) is 0 Å². The van der Waals surface area contributed by atoms with Crippen LogP contribution in [0.25, 0.3) is 0 Å². The molecule has 1 aromatic carbocycles. The number of benzene rings is 1. The predicted octanol–water partition coefficient (Wildman–Crippen LogP) is 1.18. The number of hydrogen-bond donors (Lipinski definition) is 2. The van der Waals surface area contributed by atoms with Gasteiger partial charge in [-0.3, -0.25) is 19.2 Å². The number of rotatable bonds is 4. The Morgan fingerprint density at radius 2 is 1.38 bits per heavy atom. The van der Waals surface area contributed by atoms with E-state index in [0.717, 1.165) is 28.1 Å². The first-order valence-corrected chi connectivity index (χ1v) is 6.74. The normalized spacial score (nSPS) is 13.7. The van der Waals surface area contributed by atoms with E-state index in [1.165, 1.54) is 0 Å². The van der Waals surface area contributed by atoms with Crippen molar-refractivity contribution in [2.24, 2.45) is 0 Å². The number of aromatic hydroxyl groups is 2. The van der Waals surface area contributed by atoms with Crippen molar-refractivity contribution in [3.05, 3.63) is 28.0 Å². The van der Waals surface area contributed by atoms with Crippen LogP contribution in [0.2, 0.25) is 0 Å². The Bertz CT molecular complexity index is 844. The van der Waals surface area contributed by atoms with Crippen LogP contribution in [-0.2, 0) is 9.53 Å². The van der Waals surface area contributed by atoms with Gasteiger partial charge in [0.15, 0.2) is 28.8 Å². The monoisotopic (exact) mass is 334 g/mol. The van der Waals surface area contributed by atoms with Gasteiger partial charge in [0.25, 0.3) is 0 Å². The van der Waals surface area contributed by atoms with E-state index < -0.39 is 68.4 Å². The van der Waals surface area contributed by atoms with E-state index in [1.54, 1.807) is 0 Å². The molecule has 0 atom stereocenters. The number of carbonyl (C=O) groups excluding carboxylic acids is 4. The first kappa shape index (κ1) is 17.2. The number of allylic oxidation sites excluding steroid dienone is 2. The van der Waals surface area contributed by atoms with Gasteiger partial charge < -0.3 is 19.7 Å². The van der Waals surface area contributed by atoms with Gasteiger partial charge in [-0.15, -0.1) is 0 Å². The second kappa shape index (κ2) is 5.80. The van der Waals surface area contributed by atoms with Crippen LogP contribution in [0, 0.1) is 0 Å². The Morgan fingerprint density at radius 1 is 0.833 bits per heavy atom. The highest BCUT2D eigenvalue weighted by molar-refractivity contribution is 6.37. The van der Waals surface area contributed by atoms with Crippen molar-refractivity contribution < 1.29 is 38.9 Å². The molecule has 0 aromatic heterocycles. The van der Waals surface area contributed by atoms with E-state index in [1.807, 2.05) is 0 Å². The summed E-state index contributed by atoms with van der Waals surface area (Å²) in [4.78, 5) is 48.6. The zero-order valence-electron chi connectivity index (χ0n) is 13.3. The van der Waals surface area contributed by atoms with Crippen LogP contribution in [0.4, 0.5) is 0 Å². The Hall–Kier alpha value is -3.16. The summed E-state index contributed by atoms with van der Waals surface area (Å²) in [6.45, 7) is 2.15. The number of ketones is 4. The third-order valence-electron chi connectivity index (χ3n) is 3.63. The van der Waals surface area contributed by atoms with Gasteiger partial charge in [0.2, 0.25) is 11.6 Å². The summed E-state index contributed by atoms with van der Waals surface area (Å²) in [6, 6.07) is 0. The SMILES string of the molecule is COC1=C(C(C)=O)C(=O)c2c(O)c(OC)c(C(C)=O)c(O)c2C1=O. The molecule has 0 bridgehead atoms. The maximum Gasteiger partial charge on any atom is 0.233 e. The summed E-state index contributed by atoms with van der Waals surface area (Å²) >= 11 is 0. The molecule has 0 radical (unpaired) electrons. The molecule has 0 heterocycles. The first-order valence-electron chi connectivity index (χ1n) is 6.74. The maximum atomic E-state index is 12.6. The lowest BCUT2D eigenvalue weighted by atomic mass is 9.83. The molecule has 2 rings (SSSR count). The Kier molecular flexibility index (Phi) is 4.16. The van der Waals surface area contributed by atoms with Gasteiger partial charge in [-0.25, -0.2) is 0 Å². The predicted molar refractivity (Wildman–Crippen MR) is 79.7 cm³/mol. The number of ether oxygens (including phenoxy) is 2. The molecule has 0 spiro atoms. The quantitative estimate of drug-likeness (QED) is 0.477. The van der Waals surface area contributed by atoms with Crippen LogP contribution < -0.4 is 4.74 Å². The Labute approximate surface area is 136 Å². The van der Waals surface area contributed by atoms with Gasteiger partial charge in [-0.05, 0) is 13.8 Å². The number of phenols is 2. The van der Waals surface area contributed by atoms with Crippen LogP contribution in [0.5, 0.6) is 17.2 Å². The highest BCUT2D eigenvalue weighted by atomic mass is 16.5. The number of carbonyl (C=O) groups is 4. The molecule has 1 aliphatic carbocycles. The number of fused-ring (bicyclic) bond motifs is 1. The highest BCUT2D eigenvalue weighted by Crippen LogP contribution is 2.47. The van der Waals surface area contributed by atoms with Crippen LogP contribution in [-0.4, -0.2) is 47.6 Å². The van der Waals surface area contributed by atoms with Crippen LogP contribution in [0.1, 0.15) is 44.9 Å². The van der Waals surface area contributed by atoms with Crippen molar-refractivity contribution in [3.63, 3.8) is 0 Å². The minimum Gasteiger partial charge on any atom is -0.506 e. The fourth-order valence-corrected chi connectivity index (χ4v) is 2.64. The number of phenolic OH excluding ortho intramolecular Hbond substituents is 2. The summed E-state index contributed by atoms with van der Waals surface area (Å²) in [5.74, 6) is -6.07. The molecule has 126 valence electrons. The van der Waals surface area contributed by atoms with Crippen LogP contribution in [0.3, 0.4) is 0 Å². The van der Waals surface area contributed by atoms with E-state index in [4.69, 9.17) is 9.47 Å². The number of hydrogen-bond acceptors (Lipinski definition) is 8. The molecule has 8 nitrogen and oxygen atoms in total. The van der Waals surface area contributed by atoms with Gasteiger partial charge in [0, 0.05) is 0 Å². The second-order valence-corrected chi connectivity index (χ2v) is 5.03. The first-order chi connectivity index (χ1) is 11.2. The Morgan fingerprint density at radius 3 is 1.79 bits per heavy atom. The van der Waals surface area contributed by atoms with Crippen molar-refractivity contribution in [3.8, 4) is 17.2 Å². The largest absolute Gasteiger partial charge is 0.506 e. The summed E-state index contributed by atoms with van der Waals surface area (Å²) in [5.41, 5.74) is -2.21. The molecule has 2 N–H and O–H groups in total. The van der Waals surface area contributed by atoms with Gasteiger partial charge in [0.1, 0.15) is 16.9 Å². The van der Waals surface area contributed by atoms with Crippen molar-refractivity contribution in [2.75, 3.05) is 14.2 Å². The topological polar surface area (TPSA) is 127 Å². The van der Waals surface area contributed by atoms with E-state index >= 15 is 0 Å². The lowest BCUT2D eigenvalue weighted by Gasteiger charge is -2.23. The summed E-state index contributed by atoms with van der Waals surface area (Å²) in [5, 5.41) is 20.6. The van der Waals surface area contributed by atoms with E-state index in [0.29, 0.717) is 0 Å². The molecule has 8 heteroatoms. The third-order valence-corrected chi connectivity index (χ3v) is 3.63. The average molecular weight is 334 g/mol. The molecule has 0 saturated heterocycles. The zero-order chi connectivity index (χ0) is 18.3. The van der Waals surface area contributed by atoms with E-state index in [-0.39, 0.29) is 0 Å². The molecule has 1 aromatic rings. The molecular weight excluding hydrogens is 320 g/mol. The Balaban J connectivity index is 3.01. The molecule has 0 saturated carbocycles. The molecular formula is C16H14O8. The molecule has 0 fully saturated rings. The second-order valence-electron chi connectivity index (χ2n) is 5.03. The number of methoxy groups -OCH3 is 2. The highest BCUT2D eigenvalue weighted by Gasteiger charge is 2.42. The minimum absolute atomic E-state index is 0.448. The van der Waals surface area contributed by atoms with Crippen molar-refractivity contribution >= 4 is 23.1 Å². The standard InChI is InChI=1S/C16H14O8/c1-5(17)7-11(19)9-10(13(21)15(7)23-3)12(20)8(6(2)18)16(24-4)14(9)22/h19,21H,1-4H3. The summed E-state index contributed by atoms with van der Waals surface area (Å²) in [6.07, 6.45) is 0. The smallest absolute Gasteiger partial charge is 0.233 e. The van der Waals surface area contributed by atoms with Gasteiger partial charge >= 0.3 is 0 Å². The fraction of sp³-hybridized carbons (Fsp3) is 0.250. The van der Waals surface area contributed by atoms with Crippen LogP contribution >= 0.6 is 0 Å². The third kappa shape index (κ3) is 2.15. The minimum atomic E-state index is -1.00. The van der Waals surface area contributed by atoms with Crippen LogP contribution in [0.15, 0.2) is 11.3 Å². The van der Waals surface area contributed by atoms with Crippen molar-refractivity contribution in [2.45, 2.75) is 13.8 Å².